The van der Waals surface area contributed by atoms with Crippen molar-refractivity contribution in [2.45, 2.75) is 19.3 Å². The molecule has 0 radical (unpaired) electrons. The van der Waals surface area contributed by atoms with Crippen LogP contribution in [0.2, 0.25) is 0 Å². The number of ether oxygens (including phenoxy) is 3. The van der Waals surface area contributed by atoms with Crippen LogP contribution in [0, 0.1) is 0 Å². The molecule has 0 aliphatic heterocycles. The van der Waals surface area contributed by atoms with Crippen molar-refractivity contribution in [3.63, 3.8) is 0 Å². The highest BCUT2D eigenvalue weighted by Crippen LogP contribution is 2.29. The Morgan fingerprint density at radius 3 is 2.18 bits per heavy atom. The second kappa shape index (κ2) is 12.5. The fourth-order valence-corrected chi connectivity index (χ4v) is 4.86. The minimum atomic E-state index is 0.775. The Morgan fingerprint density at radius 1 is 0.758 bits per heavy atom. The van der Waals surface area contributed by atoms with Gasteiger partial charge >= 0.3 is 0 Å². The number of methoxy groups -OCH3 is 3. The molecule has 5 nitrogen and oxygen atoms in total. The van der Waals surface area contributed by atoms with Gasteiger partial charge in [0.25, 0.3) is 0 Å². The summed E-state index contributed by atoms with van der Waals surface area (Å²) in [4.78, 5) is 6.19. The van der Waals surface area contributed by atoms with E-state index < -0.39 is 0 Å². The highest BCUT2D eigenvalue weighted by atomic mass is 32.1. The minimum Gasteiger partial charge on any atom is -0.497 e. The third-order valence-corrected chi connectivity index (χ3v) is 6.83. The van der Waals surface area contributed by atoms with Crippen molar-refractivity contribution < 1.29 is 14.2 Å². The lowest BCUT2D eigenvalue weighted by Crippen LogP contribution is -2.27. The van der Waals surface area contributed by atoms with Crippen LogP contribution in [0.25, 0.3) is 0 Å². The highest BCUT2D eigenvalue weighted by Gasteiger charge is 2.11. The largest absolute Gasteiger partial charge is 0.497 e. The fraction of sp³-hybridized carbons (Fsp3) is 0.407. The molecule has 2 aromatic carbocycles. The van der Waals surface area contributed by atoms with Gasteiger partial charge in [-0.05, 0) is 73.3 Å². The lowest BCUT2D eigenvalue weighted by Gasteiger charge is -2.22. The molecule has 3 aromatic rings. The highest BCUT2D eigenvalue weighted by molar-refractivity contribution is 7.10. The van der Waals surface area contributed by atoms with Gasteiger partial charge < -0.3 is 24.0 Å². The molecule has 0 aliphatic rings. The third-order valence-electron chi connectivity index (χ3n) is 5.92. The van der Waals surface area contributed by atoms with Crippen LogP contribution in [0.4, 0.5) is 5.69 Å². The van der Waals surface area contributed by atoms with E-state index in [1.54, 1.807) is 21.3 Å². The lowest BCUT2D eigenvalue weighted by atomic mass is 10.1. The maximum absolute atomic E-state index is 5.42. The zero-order valence-electron chi connectivity index (χ0n) is 20.5. The van der Waals surface area contributed by atoms with Crippen molar-refractivity contribution in [1.82, 2.24) is 4.90 Å². The summed E-state index contributed by atoms with van der Waals surface area (Å²) in [7, 11) is 9.44. The number of likely N-dealkylation sites (N-methyl/N-ethyl adjacent to an activating group) is 1. The molecule has 0 atom stereocenters. The minimum absolute atomic E-state index is 0.775. The summed E-state index contributed by atoms with van der Waals surface area (Å²) in [5.41, 5.74) is 3.91. The van der Waals surface area contributed by atoms with Crippen molar-refractivity contribution >= 4 is 17.0 Å². The van der Waals surface area contributed by atoms with E-state index in [1.807, 2.05) is 29.5 Å². The molecule has 0 N–H and O–H groups in total. The van der Waals surface area contributed by atoms with E-state index in [-0.39, 0.29) is 0 Å². The van der Waals surface area contributed by atoms with Gasteiger partial charge in [0.15, 0.2) is 11.5 Å². The summed E-state index contributed by atoms with van der Waals surface area (Å²) in [6.07, 6.45) is 3.06. The lowest BCUT2D eigenvalue weighted by molar-refractivity contribution is 0.333. The number of hydrogen-bond acceptors (Lipinski definition) is 6. The zero-order chi connectivity index (χ0) is 23.6. The summed E-state index contributed by atoms with van der Waals surface area (Å²) in [6.45, 7) is 3.11. The van der Waals surface area contributed by atoms with Crippen LogP contribution < -0.4 is 19.1 Å². The van der Waals surface area contributed by atoms with Crippen LogP contribution in [-0.4, -0.2) is 60.0 Å². The normalized spacial score (nSPS) is 11.0. The number of anilines is 1. The maximum atomic E-state index is 5.42. The molecule has 0 bridgehead atoms. The van der Waals surface area contributed by atoms with Crippen LogP contribution in [0.3, 0.4) is 0 Å². The molecule has 33 heavy (non-hydrogen) atoms. The maximum Gasteiger partial charge on any atom is 0.160 e. The standard InChI is InChI=1S/C27H36N2O3S/c1-28(17-13-22-9-12-25(31-4)26(19-22)32-5)15-6-16-29(2)24-14-18-33-27(24)20-21-7-10-23(30-3)11-8-21/h7-12,14,18-19H,6,13,15-17,20H2,1-5H3. The van der Waals surface area contributed by atoms with Crippen LogP contribution in [-0.2, 0) is 12.8 Å². The summed E-state index contributed by atoms with van der Waals surface area (Å²) in [5, 5.41) is 2.19. The summed E-state index contributed by atoms with van der Waals surface area (Å²) in [6, 6.07) is 16.8. The third kappa shape index (κ3) is 7.14. The molecular weight excluding hydrogens is 432 g/mol. The molecule has 6 heteroatoms. The molecule has 0 saturated carbocycles. The monoisotopic (exact) mass is 468 g/mol. The van der Waals surface area contributed by atoms with Crippen LogP contribution >= 0.6 is 11.3 Å². The van der Waals surface area contributed by atoms with E-state index in [2.05, 4.69) is 59.6 Å². The molecular formula is C27H36N2O3S. The van der Waals surface area contributed by atoms with Gasteiger partial charge in [-0.3, -0.25) is 0 Å². The first kappa shape index (κ1) is 24.9. The average Bonchev–Trinajstić information content (AvgIpc) is 3.31. The Hall–Kier alpha value is -2.70. The van der Waals surface area contributed by atoms with Crippen molar-refractivity contribution in [2.75, 3.05) is 60.0 Å². The second-order valence-corrected chi connectivity index (χ2v) is 9.27. The zero-order valence-corrected chi connectivity index (χ0v) is 21.3. The van der Waals surface area contributed by atoms with Crippen LogP contribution in [0.15, 0.2) is 53.9 Å². The van der Waals surface area contributed by atoms with Crippen molar-refractivity contribution in [3.05, 3.63) is 69.9 Å². The van der Waals surface area contributed by atoms with Gasteiger partial charge in [-0.15, -0.1) is 11.3 Å². The number of hydrogen-bond donors (Lipinski definition) is 0. The number of rotatable bonds is 13. The van der Waals surface area contributed by atoms with Gasteiger partial charge in [0.05, 0.1) is 27.0 Å². The summed E-state index contributed by atoms with van der Waals surface area (Å²) >= 11 is 1.83. The average molecular weight is 469 g/mol. The van der Waals surface area contributed by atoms with Gasteiger partial charge in [0, 0.05) is 31.4 Å². The molecule has 1 aromatic heterocycles. The Morgan fingerprint density at radius 2 is 1.48 bits per heavy atom. The van der Waals surface area contributed by atoms with Gasteiger partial charge in [-0.2, -0.15) is 0 Å². The predicted octanol–water partition coefficient (Wildman–Crippen LogP) is 5.37. The first-order valence-electron chi connectivity index (χ1n) is 11.3. The van der Waals surface area contributed by atoms with E-state index >= 15 is 0 Å². The number of thiophene rings is 1. The Labute approximate surface area is 202 Å². The van der Waals surface area contributed by atoms with E-state index in [4.69, 9.17) is 14.2 Å². The summed E-state index contributed by atoms with van der Waals surface area (Å²) < 4.78 is 16.0. The molecule has 178 valence electrons. The molecule has 0 saturated heterocycles. The summed E-state index contributed by atoms with van der Waals surface area (Å²) in [5.74, 6) is 2.47. The van der Waals surface area contributed by atoms with Gasteiger partial charge in [0.1, 0.15) is 5.75 Å². The van der Waals surface area contributed by atoms with Crippen molar-refractivity contribution in [3.8, 4) is 17.2 Å². The Balaban J connectivity index is 1.44. The molecule has 0 amide bonds. The van der Waals surface area contributed by atoms with Crippen LogP contribution in [0.1, 0.15) is 22.4 Å². The molecule has 1 heterocycles. The molecule has 0 unspecified atom stereocenters. The molecule has 0 spiro atoms. The van der Waals surface area contributed by atoms with Gasteiger partial charge in [0.2, 0.25) is 0 Å². The van der Waals surface area contributed by atoms with Crippen molar-refractivity contribution in [1.29, 1.82) is 0 Å². The Kier molecular flexibility index (Phi) is 9.46. The number of benzene rings is 2. The van der Waals surface area contributed by atoms with Gasteiger partial charge in [-0.25, -0.2) is 0 Å². The van der Waals surface area contributed by atoms with Gasteiger partial charge in [-0.1, -0.05) is 18.2 Å². The van der Waals surface area contributed by atoms with E-state index in [1.165, 1.54) is 21.7 Å². The smallest absolute Gasteiger partial charge is 0.160 e. The topological polar surface area (TPSA) is 34.2 Å². The fourth-order valence-electron chi connectivity index (χ4n) is 3.90. The molecule has 0 aliphatic carbocycles. The second-order valence-electron chi connectivity index (χ2n) is 8.27. The molecule has 0 fully saturated rings. The first-order valence-corrected chi connectivity index (χ1v) is 12.2. The van der Waals surface area contributed by atoms with E-state index in [0.29, 0.717) is 0 Å². The number of nitrogens with zero attached hydrogens (tertiary/aromatic N) is 2. The van der Waals surface area contributed by atoms with E-state index in [9.17, 15) is 0 Å². The van der Waals surface area contributed by atoms with Crippen LogP contribution in [0.5, 0.6) is 17.2 Å². The SMILES string of the molecule is COc1ccc(Cc2sccc2N(C)CCCN(C)CCc2ccc(OC)c(OC)c2)cc1. The van der Waals surface area contributed by atoms with Crippen molar-refractivity contribution in [2.24, 2.45) is 0 Å². The van der Waals surface area contributed by atoms with E-state index in [0.717, 1.165) is 56.1 Å². The Bertz CT molecular complexity index is 987. The predicted molar refractivity (Wildman–Crippen MR) is 139 cm³/mol. The molecule has 3 rings (SSSR count). The quantitative estimate of drug-likeness (QED) is 0.337. The first-order chi connectivity index (χ1) is 16.0.